The van der Waals surface area contributed by atoms with Crippen molar-refractivity contribution in [3.05, 3.63) is 0 Å². The third kappa shape index (κ3) is 8.88. The van der Waals surface area contributed by atoms with Crippen LogP contribution in [0, 0.1) is 5.92 Å². The van der Waals surface area contributed by atoms with Crippen molar-refractivity contribution in [2.45, 2.75) is 45.5 Å². The van der Waals surface area contributed by atoms with Gasteiger partial charge in [-0.1, -0.05) is 19.8 Å². The second-order valence-electron chi connectivity index (χ2n) is 4.73. The lowest BCUT2D eigenvalue weighted by Gasteiger charge is -2.22. The molecule has 0 aliphatic rings. The fraction of sp³-hybridized carbons (Fsp3) is 0.923. The van der Waals surface area contributed by atoms with Crippen LogP contribution in [0.25, 0.3) is 0 Å². The maximum absolute atomic E-state index is 12.3. The number of carbonyl (C=O) groups is 1. The summed E-state index contributed by atoms with van der Waals surface area (Å²) in [6.07, 6.45) is 1.24. The van der Waals surface area contributed by atoms with Gasteiger partial charge < -0.3 is 15.7 Å². The van der Waals surface area contributed by atoms with Gasteiger partial charge in [-0.3, -0.25) is 4.79 Å². The molecule has 0 bridgehead atoms. The number of hydrogen-bond acceptors (Lipinski definition) is 3. The highest BCUT2D eigenvalue weighted by Gasteiger charge is 2.18. The van der Waals surface area contributed by atoms with E-state index in [0.29, 0.717) is 18.9 Å². The van der Waals surface area contributed by atoms with Gasteiger partial charge in [0, 0.05) is 13.0 Å². The Kier molecular flexibility index (Phi) is 10.7. The van der Waals surface area contributed by atoms with Crippen LogP contribution in [0.2, 0.25) is 0 Å². The number of rotatable bonds is 11. The Morgan fingerprint density at radius 3 is 2.47 bits per heavy atom. The first kappa shape index (κ1) is 18.2. The van der Waals surface area contributed by atoms with E-state index in [1.807, 2.05) is 0 Å². The van der Waals surface area contributed by atoms with Crippen molar-refractivity contribution in [2.24, 2.45) is 11.7 Å². The van der Waals surface area contributed by atoms with Gasteiger partial charge in [-0.2, -0.15) is 0 Å². The van der Waals surface area contributed by atoms with Crippen molar-refractivity contribution in [1.82, 2.24) is 4.90 Å². The first-order chi connectivity index (χ1) is 9.04. The number of halogens is 2. The number of aliphatic hydroxyl groups excluding tert-OH is 1. The standard InChI is InChI=1S/C13H26F2N2O2/c1-2-3-11(6-7-16)4-5-13(19)17(8-9-18)10-12(14)15/h11-12,18H,2-10,16H2,1H3. The number of alkyl halides is 2. The number of nitrogens with zero attached hydrogens (tertiary/aromatic N) is 1. The van der Waals surface area contributed by atoms with Crippen LogP contribution in [0.4, 0.5) is 8.78 Å². The van der Waals surface area contributed by atoms with Crippen molar-refractivity contribution >= 4 is 5.91 Å². The van der Waals surface area contributed by atoms with Crippen molar-refractivity contribution in [3.8, 4) is 0 Å². The van der Waals surface area contributed by atoms with Crippen LogP contribution >= 0.6 is 0 Å². The Labute approximate surface area is 114 Å². The summed E-state index contributed by atoms with van der Waals surface area (Å²) in [5.41, 5.74) is 5.51. The smallest absolute Gasteiger partial charge is 0.255 e. The molecule has 0 aromatic rings. The highest BCUT2D eigenvalue weighted by atomic mass is 19.3. The van der Waals surface area contributed by atoms with Crippen molar-refractivity contribution in [2.75, 3.05) is 26.2 Å². The molecular weight excluding hydrogens is 254 g/mol. The molecule has 0 spiro atoms. The van der Waals surface area contributed by atoms with E-state index in [9.17, 15) is 13.6 Å². The second-order valence-corrected chi connectivity index (χ2v) is 4.73. The molecule has 4 nitrogen and oxygen atoms in total. The summed E-state index contributed by atoms with van der Waals surface area (Å²) in [6.45, 7) is 1.73. The van der Waals surface area contributed by atoms with Gasteiger partial charge in [0.2, 0.25) is 5.91 Å². The minimum atomic E-state index is -2.56. The average Bonchev–Trinajstić information content (AvgIpc) is 2.35. The molecule has 6 heteroatoms. The summed E-state index contributed by atoms with van der Waals surface area (Å²) in [6, 6.07) is 0. The minimum absolute atomic E-state index is 0.0293. The molecule has 0 saturated heterocycles. The molecule has 0 radical (unpaired) electrons. The Balaban J connectivity index is 4.21. The van der Waals surface area contributed by atoms with Gasteiger partial charge in [-0.25, -0.2) is 8.78 Å². The number of nitrogens with two attached hydrogens (primary N) is 1. The summed E-state index contributed by atoms with van der Waals surface area (Å²) in [5, 5.41) is 8.79. The first-order valence-corrected chi connectivity index (χ1v) is 6.91. The molecule has 0 aromatic heterocycles. The molecule has 1 amide bonds. The Hall–Kier alpha value is -0.750. The van der Waals surface area contributed by atoms with E-state index < -0.39 is 13.0 Å². The molecule has 0 aliphatic heterocycles. The van der Waals surface area contributed by atoms with E-state index in [1.54, 1.807) is 0 Å². The molecule has 1 atom stereocenters. The summed E-state index contributed by atoms with van der Waals surface area (Å²) >= 11 is 0. The Bertz CT molecular complexity index is 235. The zero-order valence-electron chi connectivity index (χ0n) is 11.7. The Morgan fingerprint density at radius 2 is 2.00 bits per heavy atom. The van der Waals surface area contributed by atoms with E-state index in [1.165, 1.54) is 0 Å². The van der Waals surface area contributed by atoms with E-state index in [4.69, 9.17) is 10.8 Å². The van der Waals surface area contributed by atoms with Crippen molar-refractivity contribution < 1.29 is 18.7 Å². The van der Waals surface area contributed by atoms with Gasteiger partial charge in [0.05, 0.1) is 13.2 Å². The van der Waals surface area contributed by atoms with Crippen molar-refractivity contribution in [1.29, 1.82) is 0 Å². The van der Waals surface area contributed by atoms with Gasteiger partial charge >= 0.3 is 0 Å². The van der Waals surface area contributed by atoms with Crippen LogP contribution in [0.1, 0.15) is 39.0 Å². The normalized spacial score (nSPS) is 12.7. The van der Waals surface area contributed by atoms with E-state index in [-0.39, 0.29) is 25.5 Å². The van der Waals surface area contributed by atoms with Crippen LogP contribution in [-0.2, 0) is 4.79 Å². The quantitative estimate of drug-likeness (QED) is 0.604. The molecule has 0 aromatic carbocycles. The third-order valence-electron chi connectivity index (χ3n) is 3.12. The average molecular weight is 280 g/mol. The topological polar surface area (TPSA) is 66.6 Å². The molecule has 0 fully saturated rings. The molecule has 0 heterocycles. The molecule has 0 saturated carbocycles. The highest BCUT2D eigenvalue weighted by Crippen LogP contribution is 2.18. The van der Waals surface area contributed by atoms with Crippen molar-refractivity contribution in [3.63, 3.8) is 0 Å². The maximum Gasteiger partial charge on any atom is 0.255 e. The van der Waals surface area contributed by atoms with Gasteiger partial charge in [0.1, 0.15) is 0 Å². The summed E-state index contributed by atoms with van der Waals surface area (Å²) in [7, 11) is 0. The largest absolute Gasteiger partial charge is 0.395 e. The summed E-state index contributed by atoms with van der Waals surface area (Å²) < 4.78 is 24.6. The van der Waals surface area contributed by atoms with Gasteiger partial charge in [0.25, 0.3) is 6.43 Å². The predicted molar refractivity (Wildman–Crippen MR) is 71.0 cm³/mol. The zero-order valence-corrected chi connectivity index (χ0v) is 11.7. The highest BCUT2D eigenvalue weighted by molar-refractivity contribution is 5.76. The number of aliphatic hydroxyl groups is 1. The molecule has 0 rings (SSSR count). The van der Waals surface area contributed by atoms with Gasteiger partial charge in [0.15, 0.2) is 0 Å². The number of hydrogen-bond donors (Lipinski definition) is 2. The fourth-order valence-corrected chi connectivity index (χ4v) is 2.17. The summed E-state index contributed by atoms with van der Waals surface area (Å²) in [5.74, 6) is 0.0638. The fourth-order valence-electron chi connectivity index (χ4n) is 2.17. The second kappa shape index (κ2) is 11.1. The van der Waals surface area contributed by atoms with E-state index in [2.05, 4.69) is 6.92 Å². The van der Waals surface area contributed by atoms with Crippen LogP contribution in [-0.4, -0.2) is 48.6 Å². The first-order valence-electron chi connectivity index (χ1n) is 6.91. The van der Waals surface area contributed by atoms with Crippen LogP contribution < -0.4 is 5.73 Å². The molecule has 114 valence electrons. The lowest BCUT2D eigenvalue weighted by atomic mass is 9.94. The number of amides is 1. The molecular formula is C13H26F2N2O2. The van der Waals surface area contributed by atoms with Crippen LogP contribution in [0.5, 0.6) is 0 Å². The molecule has 3 N–H and O–H groups in total. The molecule has 1 unspecified atom stereocenters. The third-order valence-corrected chi connectivity index (χ3v) is 3.12. The SMILES string of the molecule is CCCC(CCN)CCC(=O)N(CCO)CC(F)F. The maximum atomic E-state index is 12.3. The van der Waals surface area contributed by atoms with Crippen LogP contribution in [0.15, 0.2) is 0 Å². The predicted octanol–water partition coefficient (Wildman–Crippen LogP) is 1.62. The van der Waals surface area contributed by atoms with Crippen LogP contribution in [0.3, 0.4) is 0 Å². The summed E-state index contributed by atoms with van der Waals surface area (Å²) in [4.78, 5) is 12.9. The zero-order chi connectivity index (χ0) is 14.7. The lowest BCUT2D eigenvalue weighted by Crippen LogP contribution is -2.37. The monoisotopic (exact) mass is 280 g/mol. The van der Waals surface area contributed by atoms with E-state index in [0.717, 1.165) is 24.2 Å². The lowest BCUT2D eigenvalue weighted by molar-refractivity contribution is -0.134. The van der Waals surface area contributed by atoms with Gasteiger partial charge in [-0.15, -0.1) is 0 Å². The van der Waals surface area contributed by atoms with Gasteiger partial charge in [-0.05, 0) is 25.3 Å². The van der Waals surface area contributed by atoms with E-state index >= 15 is 0 Å². The number of carbonyl (C=O) groups excluding carboxylic acids is 1. The molecule has 19 heavy (non-hydrogen) atoms. The minimum Gasteiger partial charge on any atom is -0.395 e. The molecule has 0 aliphatic carbocycles. The Morgan fingerprint density at radius 1 is 1.32 bits per heavy atom.